The van der Waals surface area contributed by atoms with Gasteiger partial charge in [-0.15, -0.1) is 0 Å². The van der Waals surface area contributed by atoms with Gasteiger partial charge in [0, 0.05) is 13.7 Å². The molecule has 6 heteroatoms. The maximum Gasteiger partial charge on any atom is 0.0991 e. The van der Waals surface area contributed by atoms with Gasteiger partial charge in [-0.05, 0) is 186 Å². The molecule has 0 aliphatic carbocycles. The van der Waals surface area contributed by atoms with E-state index in [0.717, 1.165) is 33.5 Å². The third kappa shape index (κ3) is 13.0. The van der Waals surface area contributed by atoms with Gasteiger partial charge in [-0.1, -0.05) is 106 Å². The SMILES string of the molecule is Cc1cc(I)ccc1-c1cccc(C#N)c1.Cc1cc(N)ccc1-c1cccc(C#N)c1.Cc1ccc(-c2cccc(C#N)c2)c(C)c1.Cc1ccc(Br)c(C)c1. The lowest BCUT2D eigenvalue weighted by Crippen LogP contribution is -1.89. The van der Waals surface area contributed by atoms with Crippen molar-refractivity contribution in [3.8, 4) is 51.6 Å². The molecule has 2 N–H and O–H groups in total. The van der Waals surface area contributed by atoms with E-state index in [0.29, 0.717) is 16.7 Å². The Morgan fingerprint density at radius 2 is 0.825 bits per heavy atom. The maximum atomic E-state index is 8.87. The van der Waals surface area contributed by atoms with Crippen LogP contribution in [0.15, 0.2) is 150 Å². The molecule has 0 spiro atoms. The van der Waals surface area contributed by atoms with Crippen LogP contribution in [0.2, 0.25) is 0 Å². The Labute approximate surface area is 360 Å². The van der Waals surface area contributed by atoms with Gasteiger partial charge in [-0.2, -0.15) is 15.8 Å². The standard InChI is InChI=1S/C15H13N.C14H10IN.C14H12N2.C8H9Br/c1-11-6-7-15(12(2)8-11)14-5-3-4-13(9-14)10-16;1-10-7-13(15)5-6-14(10)12-4-2-3-11(8-12)9-16;1-10-7-13(16)5-6-14(10)12-4-2-3-11(8-12)9-15;1-6-3-4-8(9)7(2)5-6/h3-9H,1-2H3;2-8H,1H3;2-8H,16H2,1H3;3-5H,1-2H3. The summed E-state index contributed by atoms with van der Waals surface area (Å²) in [6.45, 7) is 12.5. The van der Waals surface area contributed by atoms with Crippen LogP contribution in [-0.2, 0) is 0 Å². The molecule has 0 bridgehead atoms. The highest BCUT2D eigenvalue weighted by atomic mass is 127. The van der Waals surface area contributed by atoms with Crippen molar-refractivity contribution < 1.29 is 0 Å². The van der Waals surface area contributed by atoms with Crippen LogP contribution in [0.5, 0.6) is 0 Å². The normalized spacial score (nSPS) is 9.77. The number of hydrogen-bond acceptors (Lipinski definition) is 4. The molecule has 0 aliphatic rings. The molecule has 0 radical (unpaired) electrons. The summed E-state index contributed by atoms with van der Waals surface area (Å²) >= 11 is 5.73. The first-order valence-electron chi connectivity index (χ1n) is 18.3. The second kappa shape index (κ2) is 21.4. The molecule has 0 aromatic heterocycles. The van der Waals surface area contributed by atoms with E-state index in [1.54, 1.807) is 6.07 Å². The lowest BCUT2D eigenvalue weighted by atomic mass is 9.98. The molecule has 0 amide bonds. The van der Waals surface area contributed by atoms with Crippen molar-refractivity contribution in [3.63, 3.8) is 0 Å². The smallest absolute Gasteiger partial charge is 0.0991 e. The van der Waals surface area contributed by atoms with Crippen LogP contribution in [0.3, 0.4) is 0 Å². The Bertz CT molecular complexity index is 2370. The number of benzene rings is 7. The first-order chi connectivity index (χ1) is 27.3. The van der Waals surface area contributed by atoms with Crippen molar-refractivity contribution in [3.05, 3.63) is 204 Å². The number of nitriles is 3. The summed E-state index contributed by atoms with van der Waals surface area (Å²) in [4.78, 5) is 0. The zero-order valence-corrected chi connectivity index (χ0v) is 36.8. The van der Waals surface area contributed by atoms with Gasteiger partial charge in [-0.3, -0.25) is 0 Å². The molecular weight excluding hydrogens is 875 g/mol. The van der Waals surface area contributed by atoms with E-state index >= 15 is 0 Å². The summed E-state index contributed by atoms with van der Waals surface area (Å²) in [6.07, 6.45) is 0. The van der Waals surface area contributed by atoms with Gasteiger partial charge in [0.2, 0.25) is 0 Å². The summed E-state index contributed by atoms with van der Waals surface area (Å²) < 4.78 is 2.42. The van der Waals surface area contributed by atoms with Crippen molar-refractivity contribution in [2.75, 3.05) is 5.73 Å². The predicted molar refractivity (Wildman–Crippen MR) is 249 cm³/mol. The summed E-state index contributed by atoms with van der Waals surface area (Å²) in [5.74, 6) is 0. The van der Waals surface area contributed by atoms with Gasteiger partial charge in [0.05, 0.1) is 34.9 Å². The molecule has 4 nitrogen and oxygen atoms in total. The minimum atomic E-state index is 0.675. The highest BCUT2D eigenvalue weighted by molar-refractivity contribution is 14.1. The number of rotatable bonds is 3. The predicted octanol–water partition coefficient (Wildman–Crippen LogP) is 14.2. The summed E-state index contributed by atoms with van der Waals surface area (Å²) in [5, 5.41) is 26.6. The Hall–Kier alpha value is -5.98. The zero-order valence-electron chi connectivity index (χ0n) is 33.0. The molecule has 7 aromatic rings. The fourth-order valence-corrected chi connectivity index (χ4v) is 7.06. The minimum absolute atomic E-state index is 0.675. The van der Waals surface area contributed by atoms with Crippen LogP contribution in [0, 0.1) is 79.1 Å². The number of nitrogens with zero attached hydrogens (tertiary/aromatic N) is 3. The van der Waals surface area contributed by atoms with Gasteiger partial charge in [0.15, 0.2) is 0 Å². The van der Waals surface area contributed by atoms with Crippen LogP contribution < -0.4 is 5.73 Å². The monoisotopic (exact) mass is 918 g/mol. The molecule has 0 heterocycles. The van der Waals surface area contributed by atoms with E-state index in [4.69, 9.17) is 21.5 Å². The molecule has 0 fully saturated rings. The molecule has 0 atom stereocenters. The van der Waals surface area contributed by atoms with Crippen LogP contribution in [-0.4, -0.2) is 0 Å². The lowest BCUT2D eigenvalue weighted by molar-refractivity contribution is 1.36. The third-order valence-electron chi connectivity index (χ3n) is 9.04. The number of aryl methyl sites for hydroxylation is 6. The van der Waals surface area contributed by atoms with Crippen molar-refractivity contribution in [2.24, 2.45) is 0 Å². The molecule has 0 aliphatic heterocycles. The molecule has 0 saturated heterocycles. The first kappa shape index (κ1) is 43.7. The quantitative estimate of drug-likeness (QED) is 0.141. The third-order valence-corrected chi connectivity index (χ3v) is 10.6. The largest absolute Gasteiger partial charge is 0.399 e. The first-order valence-corrected chi connectivity index (χ1v) is 20.1. The number of halogens is 2. The van der Waals surface area contributed by atoms with E-state index in [9.17, 15) is 0 Å². The number of nitrogen functional groups attached to an aromatic ring is 1. The van der Waals surface area contributed by atoms with Crippen molar-refractivity contribution in [2.45, 2.75) is 41.5 Å². The Morgan fingerprint density at radius 3 is 1.21 bits per heavy atom. The molecule has 0 saturated carbocycles. The van der Waals surface area contributed by atoms with E-state index in [2.05, 4.69) is 146 Å². The average Bonchev–Trinajstić information content (AvgIpc) is 3.20. The molecule has 57 heavy (non-hydrogen) atoms. The minimum Gasteiger partial charge on any atom is -0.399 e. The van der Waals surface area contributed by atoms with Gasteiger partial charge in [0.1, 0.15) is 0 Å². The van der Waals surface area contributed by atoms with E-state index in [-0.39, 0.29) is 0 Å². The van der Waals surface area contributed by atoms with Crippen LogP contribution in [0.25, 0.3) is 33.4 Å². The highest BCUT2D eigenvalue weighted by Gasteiger charge is 2.05. The highest BCUT2D eigenvalue weighted by Crippen LogP contribution is 2.28. The number of hydrogen-bond donors (Lipinski definition) is 1. The van der Waals surface area contributed by atoms with Crippen molar-refractivity contribution >= 4 is 44.2 Å². The molecule has 0 unspecified atom stereocenters. The van der Waals surface area contributed by atoms with E-state index in [1.165, 1.54) is 47.0 Å². The molecular formula is C51H44BrIN4. The van der Waals surface area contributed by atoms with E-state index in [1.807, 2.05) is 91.9 Å². The molecule has 7 aromatic carbocycles. The van der Waals surface area contributed by atoms with Gasteiger partial charge in [-0.25, -0.2) is 0 Å². The molecule has 7 rings (SSSR count). The lowest BCUT2D eigenvalue weighted by Gasteiger charge is -2.07. The Morgan fingerprint density at radius 1 is 0.439 bits per heavy atom. The Balaban J connectivity index is 0.000000172. The topological polar surface area (TPSA) is 97.4 Å². The maximum absolute atomic E-state index is 8.87. The fourth-order valence-electron chi connectivity index (χ4n) is 6.16. The van der Waals surface area contributed by atoms with Crippen molar-refractivity contribution in [1.29, 1.82) is 15.8 Å². The van der Waals surface area contributed by atoms with Gasteiger partial charge >= 0.3 is 0 Å². The Kier molecular flexibility index (Phi) is 16.4. The fraction of sp³-hybridized carbons (Fsp3) is 0.118. The van der Waals surface area contributed by atoms with Gasteiger partial charge < -0.3 is 5.73 Å². The van der Waals surface area contributed by atoms with Gasteiger partial charge in [0.25, 0.3) is 0 Å². The summed E-state index contributed by atoms with van der Waals surface area (Å²) in [7, 11) is 0. The van der Waals surface area contributed by atoms with Crippen molar-refractivity contribution in [1.82, 2.24) is 0 Å². The van der Waals surface area contributed by atoms with Crippen LogP contribution in [0.1, 0.15) is 50.1 Å². The second-order valence-electron chi connectivity index (χ2n) is 13.7. The van der Waals surface area contributed by atoms with E-state index < -0.39 is 0 Å². The number of anilines is 1. The second-order valence-corrected chi connectivity index (χ2v) is 15.8. The zero-order chi connectivity index (χ0) is 41.5. The van der Waals surface area contributed by atoms with Crippen LogP contribution >= 0.6 is 38.5 Å². The molecule has 282 valence electrons. The van der Waals surface area contributed by atoms with Crippen LogP contribution in [0.4, 0.5) is 5.69 Å². The number of nitrogens with two attached hydrogens (primary N) is 1. The summed E-state index contributed by atoms with van der Waals surface area (Å²) in [5.41, 5.74) is 22.8. The average molecular weight is 920 g/mol. The summed E-state index contributed by atoms with van der Waals surface area (Å²) in [6, 6.07) is 54.3.